The highest BCUT2D eigenvalue weighted by Gasteiger charge is 2.14. The van der Waals surface area contributed by atoms with E-state index >= 15 is 0 Å². The Labute approximate surface area is 137 Å². The molecule has 1 unspecified atom stereocenters. The van der Waals surface area contributed by atoms with E-state index in [0.29, 0.717) is 23.8 Å². The third-order valence-corrected chi connectivity index (χ3v) is 3.60. The number of carbonyl (C=O) groups is 2. The van der Waals surface area contributed by atoms with Gasteiger partial charge in [0, 0.05) is 12.1 Å². The van der Waals surface area contributed by atoms with Gasteiger partial charge in [-0.15, -0.1) is 12.4 Å². The second-order valence-electron chi connectivity index (χ2n) is 5.39. The van der Waals surface area contributed by atoms with Gasteiger partial charge in [-0.2, -0.15) is 0 Å². The number of piperidine rings is 1. The van der Waals surface area contributed by atoms with E-state index in [0.717, 1.165) is 25.9 Å². The van der Waals surface area contributed by atoms with Crippen LogP contribution in [0.3, 0.4) is 0 Å². The first-order valence-electron chi connectivity index (χ1n) is 7.36. The van der Waals surface area contributed by atoms with Crippen LogP contribution in [-0.2, 0) is 4.79 Å². The van der Waals surface area contributed by atoms with E-state index in [1.165, 1.54) is 6.92 Å². The molecule has 0 aliphatic carbocycles. The number of Topliss-reactive ketones (excluding diaryl/α,β-unsaturated/α-hetero) is 1. The second-order valence-corrected chi connectivity index (χ2v) is 5.39. The maximum Gasteiger partial charge on any atom is 0.257 e. The molecule has 0 radical (unpaired) electrons. The van der Waals surface area contributed by atoms with Crippen molar-refractivity contribution in [2.24, 2.45) is 5.92 Å². The van der Waals surface area contributed by atoms with Gasteiger partial charge in [-0.1, -0.05) is 12.1 Å². The zero-order chi connectivity index (χ0) is 15.1. The highest BCUT2D eigenvalue weighted by Crippen LogP contribution is 2.13. The van der Waals surface area contributed by atoms with Crippen molar-refractivity contribution in [2.45, 2.75) is 19.8 Å². The summed E-state index contributed by atoms with van der Waals surface area (Å²) in [5, 5.41) is 6.21. The predicted octanol–water partition coefficient (Wildman–Crippen LogP) is 1.81. The molecule has 1 aromatic rings. The molecule has 1 aliphatic rings. The quantitative estimate of drug-likeness (QED) is 0.782. The van der Waals surface area contributed by atoms with Crippen LogP contribution in [0.4, 0.5) is 0 Å². The summed E-state index contributed by atoms with van der Waals surface area (Å²) in [6.07, 6.45) is 2.31. The van der Waals surface area contributed by atoms with Gasteiger partial charge in [-0.3, -0.25) is 9.59 Å². The number of amides is 1. The molecular weight excluding hydrogens is 304 g/mol. The van der Waals surface area contributed by atoms with Gasteiger partial charge in [0.1, 0.15) is 5.75 Å². The Bertz CT molecular complexity index is 502. The van der Waals surface area contributed by atoms with E-state index in [1.54, 1.807) is 24.3 Å². The minimum absolute atomic E-state index is 0. The van der Waals surface area contributed by atoms with E-state index in [9.17, 15) is 9.59 Å². The fourth-order valence-electron chi connectivity index (χ4n) is 2.36. The molecule has 6 heteroatoms. The van der Waals surface area contributed by atoms with E-state index in [-0.39, 0.29) is 30.7 Å². The molecule has 0 spiro atoms. The lowest BCUT2D eigenvalue weighted by molar-refractivity contribution is -0.123. The third kappa shape index (κ3) is 6.03. The van der Waals surface area contributed by atoms with E-state index in [2.05, 4.69) is 10.6 Å². The Hall–Kier alpha value is -1.59. The smallest absolute Gasteiger partial charge is 0.257 e. The Balaban J connectivity index is 0.00000242. The summed E-state index contributed by atoms with van der Waals surface area (Å²) in [6.45, 7) is 4.19. The topological polar surface area (TPSA) is 67.4 Å². The number of benzene rings is 1. The number of ether oxygens (including phenoxy) is 1. The molecule has 1 amide bonds. The van der Waals surface area contributed by atoms with Gasteiger partial charge >= 0.3 is 0 Å². The SMILES string of the molecule is CC(=O)c1cccc(OCC(=O)NCC2CCCNC2)c1.Cl. The number of carbonyl (C=O) groups excluding carboxylic acids is 2. The first-order chi connectivity index (χ1) is 10.1. The summed E-state index contributed by atoms with van der Waals surface area (Å²) in [5.74, 6) is 0.893. The minimum atomic E-state index is -0.131. The van der Waals surface area contributed by atoms with Gasteiger partial charge in [0.2, 0.25) is 0 Å². The van der Waals surface area contributed by atoms with Crippen molar-refractivity contribution in [3.63, 3.8) is 0 Å². The zero-order valence-electron chi connectivity index (χ0n) is 12.8. The number of rotatable bonds is 6. The average Bonchev–Trinajstić information content (AvgIpc) is 2.52. The molecule has 1 fully saturated rings. The van der Waals surface area contributed by atoms with Crippen LogP contribution >= 0.6 is 12.4 Å². The lowest BCUT2D eigenvalue weighted by Crippen LogP contribution is -2.39. The van der Waals surface area contributed by atoms with Crippen LogP contribution in [0, 0.1) is 5.92 Å². The number of halogens is 1. The lowest BCUT2D eigenvalue weighted by Gasteiger charge is -2.22. The predicted molar refractivity (Wildman–Crippen MR) is 87.8 cm³/mol. The number of hydrogen-bond acceptors (Lipinski definition) is 4. The fourth-order valence-corrected chi connectivity index (χ4v) is 2.36. The number of hydrogen-bond donors (Lipinski definition) is 2. The normalized spacial score (nSPS) is 17.2. The third-order valence-electron chi connectivity index (χ3n) is 3.60. The van der Waals surface area contributed by atoms with Crippen molar-refractivity contribution < 1.29 is 14.3 Å². The maximum atomic E-state index is 11.8. The van der Waals surface area contributed by atoms with Gasteiger partial charge in [0.15, 0.2) is 12.4 Å². The number of nitrogens with one attached hydrogen (secondary N) is 2. The van der Waals surface area contributed by atoms with Crippen LogP contribution in [0.2, 0.25) is 0 Å². The summed E-state index contributed by atoms with van der Waals surface area (Å²) in [6, 6.07) is 6.87. The Morgan fingerprint density at radius 2 is 2.23 bits per heavy atom. The molecule has 1 heterocycles. The molecule has 22 heavy (non-hydrogen) atoms. The molecule has 5 nitrogen and oxygen atoms in total. The highest BCUT2D eigenvalue weighted by molar-refractivity contribution is 5.94. The van der Waals surface area contributed by atoms with Crippen LogP contribution in [0.1, 0.15) is 30.1 Å². The largest absolute Gasteiger partial charge is 0.484 e. The van der Waals surface area contributed by atoms with Crippen LogP contribution in [0.25, 0.3) is 0 Å². The molecule has 0 aromatic heterocycles. The molecule has 2 N–H and O–H groups in total. The van der Waals surface area contributed by atoms with E-state index < -0.39 is 0 Å². The van der Waals surface area contributed by atoms with Crippen molar-refractivity contribution in [2.75, 3.05) is 26.2 Å². The molecule has 2 rings (SSSR count). The van der Waals surface area contributed by atoms with Gasteiger partial charge in [0.05, 0.1) is 0 Å². The second kappa shape index (κ2) is 9.43. The van der Waals surface area contributed by atoms with Gasteiger partial charge in [-0.05, 0) is 50.9 Å². The Kier molecular flexibility index (Phi) is 7.91. The van der Waals surface area contributed by atoms with Crippen molar-refractivity contribution in [1.29, 1.82) is 0 Å². The standard InChI is InChI=1S/C16H22N2O3.ClH/c1-12(19)14-5-2-6-15(8-14)21-11-16(20)18-10-13-4-3-7-17-9-13;/h2,5-6,8,13,17H,3-4,7,9-11H2,1H3,(H,18,20);1H. The minimum Gasteiger partial charge on any atom is -0.484 e. The van der Waals surface area contributed by atoms with Crippen LogP contribution in [0.5, 0.6) is 5.75 Å². The zero-order valence-corrected chi connectivity index (χ0v) is 13.6. The Morgan fingerprint density at radius 3 is 2.91 bits per heavy atom. The van der Waals surface area contributed by atoms with Crippen LogP contribution in [0.15, 0.2) is 24.3 Å². The maximum absolute atomic E-state index is 11.8. The highest BCUT2D eigenvalue weighted by atomic mass is 35.5. The van der Waals surface area contributed by atoms with Crippen molar-refractivity contribution in [3.8, 4) is 5.75 Å². The van der Waals surface area contributed by atoms with Crippen molar-refractivity contribution in [1.82, 2.24) is 10.6 Å². The van der Waals surface area contributed by atoms with Gasteiger partial charge in [-0.25, -0.2) is 0 Å². The average molecular weight is 327 g/mol. The molecule has 0 bridgehead atoms. The fraction of sp³-hybridized carbons (Fsp3) is 0.500. The van der Waals surface area contributed by atoms with Crippen LogP contribution < -0.4 is 15.4 Å². The molecular formula is C16H23ClN2O3. The van der Waals surface area contributed by atoms with E-state index in [4.69, 9.17) is 4.74 Å². The molecule has 122 valence electrons. The number of ketones is 1. The van der Waals surface area contributed by atoms with Crippen LogP contribution in [-0.4, -0.2) is 37.9 Å². The summed E-state index contributed by atoms with van der Waals surface area (Å²) >= 11 is 0. The molecule has 1 saturated heterocycles. The Morgan fingerprint density at radius 1 is 1.41 bits per heavy atom. The molecule has 1 aliphatic heterocycles. The molecule has 0 saturated carbocycles. The summed E-state index contributed by atoms with van der Waals surface area (Å²) in [5.41, 5.74) is 0.584. The van der Waals surface area contributed by atoms with Crippen molar-refractivity contribution >= 4 is 24.1 Å². The molecule has 1 aromatic carbocycles. The summed E-state index contributed by atoms with van der Waals surface area (Å²) < 4.78 is 5.42. The van der Waals surface area contributed by atoms with E-state index in [1.807, 2.05) is 0 Å². The summed E-state index contributed by atoms with van der Waals surface area (Å²) in [4.78, 5) is 23.0. The van der Waals surface area contributed by atoms with Gasteiger partial charge in [0.25, 0.3) is 5.91 Å². The van der Waals surface area contributed by atoms with Gasteiger partial charge < -0.3 is 15.4 Å². The first-order valence-corrected chi connectivity index (χ1v) is 7.36. The lowest BCUT2D eigenvalue weighted by atomic mass is 10.00. The first kappa shape index (κ1) is 18.5. The van der Waals surface area contributed by atoms with Crippen molar-refractivity contribution in [3.05, 3.63) is 29.8 Å². The summed E-state index contributed by atoms with van der Waals surface area (Å²) in [7, 11) is 0. The molecule has 1 atom stereocenters. The monoisotopic (exact) mass is 326 g/mol.